The van der Waals surface area contributed by atoms with Gasteiger partial charge in [-0.2, -0.15) is 0 Å². The SMILES string of the molecule is CC(C)CC(=O)N1Cc2ccccc2CC1C(=O)NC1CCN(Cc2ccccc2)C1. The molecular weight excluding hydrogens is 386 g/mol. The van der Waals surface area contributed by atoms with Gasteiger partial charge >= 0.3 is 0 Å². The van der Waals surface area contributed by atoms with Crippen LogP contribution in [-0.4, -0.2) is 46.8 Å². The Balaban J connectivity index is 1.41. The first-order chi connectivity index (χ1) is 15.0. The van der Waals surface area contributed by atoms with Crippen LogP contribution in [-0.2, 0) is 29.1 Å². The van der Waals surface area contributed by atoms with E-state index in [1.807, 2.05) is 32.0 Å². The summed E-state index contributed by atoms with van der Waals surface area (Å²) >= 11 is 0. The minimum absolute atomic E-state index is 0.0156. The van der Waals surface area contributed by atoms with Crippen LogP contribution in [0, 0.1) is 5.92 Å². The molecule has 2 aromatic rings. The van der Waals surface area contributed by atoms with Crippen molar-refractivity contribution in [2.45, 2.75) is 58.3 Å². The molecule has 5 nitrogen and oxygen atoms in total. The average molecular weight is 420 g/mol. The van der Waals surface area contributed by atoms with Gasteiger partial charge in [0.05, 0.1) is 0 Å². The summed E-state index contributed by atoms with van der Waals surface area (Å²) in [6.07, 6.45) is 2.01. The van der Waals surface area contributed by atoms with Gasteiger partial charge in [0.25, 0.3) is 0 Å². The third kappa shape index (κ3) is 5.34. The number of rotatable bonds is 6. The van der Waals surface area contributed by atoms with Crippen molar-refractivity contribution in [1.82, 2.24) is 15.1 Å². The molecule has 0 aromatic heterocycles. The highest BCUT2D eigenvalue weighted by atomic mass is 16.2. The predicted octanol–water partition coefficient (Wildman–Crippen LogP) is 3.38. The first-order valence-electron chi connectivity index (χ1n) is 11.4. The van der Waals surface area contributed by atoms with Crippen LogP contribution in [0.2, 0.25) is 0 Å². The maximum atomic E-state index is 13.3. The molecule has 4 rings (SSSR count). The molecule has 2 aliphatic rings. The minimum Gasteiger partial charge on any atom is -0.350 e. The molecule has 1 fully saturated rings. The van der Waals surface area contributed by atoms with Crippen molar-refractivity contribution < 1.29 is 9.59 Å². The van der Waals surface area contributed by atoms with Crippen molar-refractivity contribution in [3.63, 3.8) is 0 Å². The first kappa shape index (κ1) is 21.6. The highest BCUT2D eigenvalue weighted by Gasteiger charge is 2.36. The molecule has 2 unspecified atom stereocenters. The normalized spacial score (nSPS) is 21.2. The molecule has 2 amide bonds. The summed E-state index contributed by atoms with van der Waals surface area (Å²) in [7, 11) is 0. The lowest BCUT2D eigenvalue weighted by Gasteiger charge is -2.37. The molecule has 164 valence electrons. The Morgan fingerprint density at radius 3 is 2.48 bits per heavy atom. The maximum absolute atomic E-state index is 13.3. The van der Waals surface area contributed by atoms with Gasteiger partial charge in [-0.1, -0.05) is 68.4 Å². The molecule has 0 saturated carbocycles. The predicted molar refractivity (Wildman–Crippen MR) is 122 cm³/mol. The molecule has 1 saturated heterocycles. The van der Waals surface area contributed by atoms with Crippen LogP contribution in [0.5, 0.6) is 0 Å². The number of nitrogens with zero attached hydrogens (tertiary/aromatic N) is 2. The lowest BCUT2D eigenvalue weighted by Crippen LogP contribution is -2.54. The van der Waals surface area contributed by atoms with E-state index in [-0.39, 0.29) is 23.8 Å². The number of carbonyl (C=O) groups is 2. The summed E-state index contributed by atoms with van der Waals surface area (Å²) in [5.74, 6) is 0.328. The highest BCUT2D eigenvalue weighted by Crippen LogP contribution is 2.25. The summed E-state index contributed by atoms with van der Waals surface area (Å²) < 4.78 is 0. The first-order valence-corrected chi connectivity index (χ1v) is 11.4. The summed E-state index contributed by atoms with van der Waals surface area (Å²) in [5, 5.41) is 3.26. The van der Waals surface area contributed by atoms with Crippen LogP contribution in [0.15, 0.2) is 54.6 Å². The second kappa shape index (κ2) is 9.65. The zero-order valence-electron chi connectivity index (χ0n) is 18.6. The largest absolute Gasteiger partial charge is 0.350 e. The van der Waals surface area contributed by atoms with Crippen molar-refractivity contribution in [2.24, 2.45) is 5.92 Å². The number of nitrogens with one attached hydrogen (secondary N) is 1. The Morgan fingerprint density at radius 2 is 1.74 bits per heavy atom. The molecule has 2 aromatic carbocycles. The maximum Gasteiger partial charge on any atom is 0.243 e. The van der Waals surface area contributed by atoms with Gasteiger partial charge < -0.3 is 10.2 Å². The zero-order chi connectivity index (χ0) is 21.8. The summed E-state index contributed by atoms with van der Waals surface area (Å²) in [6.45, 7) is 7.34. The molecular formula is C26H33N3O2. The van der Waals surface area contributed by atoms with Crippen LogP contribution >= 0.6 is 0 Å². The second-order valence-corrected chi connectivity index (χ2v) is 9.32. The molecule has 0 radical (unpaired) electrons. The number of carbonyl (C=O) groups excluding carboxylic acids is 2. The van der Waals surface area contributed by atoms with Crippen molar-refractivity contribution >= 4 is 11.8 Å². The van der Waals surface area contributed by atoms with Crippen LogP contribution in [0.3, 0.4) is 0 Å². The van der Waals surface area contributed by atoms with E-state index in [4.69, 9.17) is 0 Å². The van der Waals surface area contributed by atoms with Gasteiger partial charge in [0, 0.05) is 45.1 Å². The molecule has 0 aliphatic carbocycles. The molecule has 2 atom stereocenters. The number of likely N-dealkylation sites (tertiary alicyclic amines) is 1. The van der Waals surface area contributed by atoms with E-state index in [0.29, 0.717) is 19.4 Å². The Morgan fingerprint density at radius 1 is 1.03 bits per heavy atom. The quantitative estimate of drug-likeness (QED) is 0.781. The van der Waals surface area contributed by atoms with Gasteiger partial charge in [-0.15, -0.1) is 0 Å². The van der Waals surface area contributed by atoms with Gasteiger partial charge in [-0.05, 0) is 29.0 Å². The monoisotopic (exact) mass is 419 g/mol. The summed E-state index contributed by atoms with van der Waals surface area (Å²) in [6, 6.07) is 18.3. The third-order valence-corrected chi connectivity index (χ3v) is 6.32. The zero-order valence-corrected chi connectivity index (χ0v) is 18.6. The van der Waals surface area contributed by atoms with Crippen LogP contribution in [0.25, 0.3) is 0 Å². The van der Waals surface area contributed by atoms with E-state index in [9.17, 15) is 9.59 Å². The fourth-order valence-corrected chi connectivity index (χ4v) is 4.72. The van der Waals surface area contributed by atoms with Gasteiger partial charge in [0.2, 0.25) is 11.8 Å². The Labute approximate surface area is 185 Å². The van der Waals surface area contributed by atoms with Crippen molar-refractivity contribution in [3.05, 3.63) is 71.3 Å². The van der Waals surface area contributed by atoms with Gasteiger partial charge in [0.1, 0.15) is 6.04 Å². The van der Waals surface area contributed by atoms with Crippen LogP contribution in [0.4, 0.5) is 0 Å². The molecule has 0 bridgehead atoms. The van der Waals surface area contributed by atoms with Crippen LogP contribution in [0.1, 0.15) is 43.4 Å². The van der Waals surface area contributed by atoms with Crippen molar-refractivity contribution in [2.75, 3.05) is 13.1 Å². The van der Waals surface area contributed by atoms with E-state index >= 15 is 0 Å². The average Bonchev–Trinajstić information content (AvgIpc) is 3.19. The van der Waals surface area contributed by atoms with E-state index in [2.05, 4.69) is 46.6 Å². The fourth-order valence-electron chi connectivity index (χ4n) is 4.72. The van der Waals surface area contributed by atoms with Crippen LogP contribution < -0.4 is 5.32 Å². The number of amides is 2. The lowest BCUT2D eigenvalue weighted by atomic mass is 9.92. The lowest BCUT2D eigenvalue weighted by molar-refractivity contribution is -0.142. The van der Waals surface area contributed by atoms with E-state index in [1.54, 1.807) is 4.90 Å². The smallest absolute Gasteiger partial charge is 0.243 e. The minimum atomic E-state index is -0.427. The van der Waals surface area contributed by atoms with Gasteiger partial charge in [0.15, 0.2) is 0 Å². The van der Waals surface area contributed by atoms with E-state index in [0.717, 1.165) is 31.6 Å². The standard InChI is InChI=1S/C26H33N3O2/c1-19(2)14-25(30)29-17-22-11-7-6-10-21(22)15-24(29)26(31)27-23-12-13-28(18-23)16-20-8-4-3-5-9-20/h3-11,19,23-24H,12-18H2,1-2H3,(H,27,31). The van der Waals surface area contributed by atoms with E-state index in [1.165, 1.54) is 11.1 Å². The van der Waals surface area contributed by atoms with Crippen molar-refractivity contribution in [3.8, 4) is 0 Å². The molecule has 0 spiro atoms. The number of hydrogen-bond acceptors (Lipinski definition) is 3. The molecule has 1 N–H and O–H groups in total. The molecule has 2 aliphatic heterocycles. The van der Waals surface area contributed by atoms with Crippen molar-refractivity contribution in [1.29, 1.82) is 0 Å². The second-order valence-electron chi connectivity index (χ2n) is 9.32. The fraction of sp³-hybridized carbons (Fsp3) is 0.462. The number of benzene rings is 2. The summed E-state index contributed by atoms with van der Waals surface area (Å²) in [5.41, 5.74) is 3.62. The third-order valence-electron chi connectivity index (χ3n) is 6.32. The molecule has 31 heavy (non-hydrogen) atoms. The van der Waals surface area contributed by atoms with Gasteiger partial charge in [-0.3, -0.25) is 14.5 Å². The topological polar surface area (TPSA) is 52.7 Å². The van der Waals surface area contributed by atoms with E-state index < -0.39 is 6.04 Å². The number of fused-ring (bicyclic) bond motifs is 1. The Bertz CT molecular complexity index is 912. The highest BCUT2D eigenvalue weighted by molar-refractivity contribution is 5.88. The van der Waals surface area contributed by atoms with Gasteiger partial charge in [-0.25, -0.2) is 0 Å². The molecule has 5 heteroatoms. The Hall–Kier alpha value is -2.66. The number of hydrogen-bond donors (Lipinski definition) is 1. The molecule has 2 heterocycles. The Kier molecular flexibility index (Phi) is 6.71. The summed E-state index contributed by atoms with van der Waals surface area (Å²) in [4.78, 5) is 30.5.